The lowest BCUT2D eigenvalue weighted by Crippen LogP contribution is -2.32. The summed E-state index contributed by atoms with van der Waals surface area (Å²) in [5.74, 6) is 1.67. The minimum atomic E-state index is -0.171. The van der Waals surface area contributed by atoms with Gasteiger partial charge in [0.1, 0.15) is 11.6 Å². The molecule has 6 heteroatoms. The molecule has 0 bridgehead atoms. The van der Waals surface area contributed by atoms with E-state index in [-0.39, 0.29) is 23.7 Å². The highest BCUT2D eigenvalue weighted by Crippen LogP contribution is 2.22. The molecule has 0 spiro atoms. The maximum absolute atomic E-state index is 12.4. The largest absolute Gasteiger partial charge is 0.494 e. The first kappa shape index (κ1) is 20.6. The quantitative estimate of drug-likeness (QED) is 0.416. The number of rotatable bonds is 9. The van der Waals surface area contributed by atoms with E-state index in [1.165, 1.54) is 6.92 Å². The monoisotopic (exact) mass is 393 g/mol. The number of ether oxygens (including phenoxy) is 1. The Morgan fingerprint density at radius 1 is 1.10 bits per heavy atom. The summed E-state index contributed by atoms with van der Waals surface area (Å²) in [5, 5.41) is 3.09. The van der Waals surface area contributed by atoms with Crippen molar-refractivity contribution < 1.29 is 14.3 Å². The molecule has 0 saturated heterocycles. The molecular formula is C23H27N3O3. The number of fused-ring (bicyclic) bond motifs is 1. The number of para-hydroxylation sites is 2. The van der Waals surface area contributed by atoms with Crippen molar-refractivity contribution in [3.63, 3.8) is 0 Å². The molecule has 0 saturated carbocycles. The number of amides is 1. The van der Waals surface area contributed by atoms with E-state index >= 15 is 0 Å². The van der Waals surface area contributed by atoms with Gasteiger partial charge in [-0.3, -0.25) is 9.59 Å². The SMILES string of the molecule is CC(=O)c1ccc(OCCCC(=O)NC(c2nc3ccccc3[nH]2)C(C)C)cc1. The van der Waals surface area contributed by atoms with Gasteiger partial charge in [-0.05, 0) is 55.7 Å². The third-order valence-corrected chi connectivity index (χ3v) is 4.76. The Balaban J connectivity index is 1.49. The number of Topliss-reactive ketones (excluding diaryl/α,β-unsaturated/α-hetero) is 1. The van der Waals surface area contributed by atoms with E-state index < -0.39 is 0 Å². The molecule has 1 unspecified atom stereocenters. The van der Waals surface area contributed by atoms with Gasteiger partial charge in [0, 0.05) is 12.0 Å². The number of nitrogens with one attached hydrogen (secondary N) is 2. The van der Waals surface area contributed by atoms with Crippen LogP contribution in [0.2, 0.25) is 0 Å². The van der Waals surface area contributed by atoms with Gasteiger partial charge in [-0.2, -0.15) is 0 Å². The van der Waals surface area contributed by atoms with Gasteiger partial charge in [-0.25, -0.2) is 4.98 Å². The van der Waals surface area contributed by atoms with Crippen LogP contribution >= 0.6 is 0 Å². The average Bonchev–Trinajstić information content (AvgIpc) is 3.13. The van der Waals surface area contributed by atoms with E-state index in [1.54, 1.807) is 24.3 Å². The fourth-order valence-electron chi connectivity index (χ4n) is 3.12. The molecule has 152 valence electrons. The van der Waals surface area contributed by atoms with Crippen molar-refractivity contribution >= 4 is 22.7 Å². The summed E-state index contributed by atoms with van der Waals surface area (Å²) in [7, 11) is 0. The second kappa shape index (κ2) is 9.37. The number of ketones is 1. The maximum atomic E-state index is 12.4. The highest BCUT2D eigenvalue weighted by Gasteiger charge is 2.21. The van der Waals surface area contributed by atoms with Crippen LogP contribution in [0.25, 0.3) is 11.0 Å². The zero-order valence-corrected chi connectivity index (χ0v) is 17.1. The van der Waals surface area contributed by atoms with E-state index in [0.29, 0.717) is 30.8 Å². The molecule has 3 aromatic rings. The van der Waals surface area contributed by atoms with Crippen molar-refractivity contribution in [2.45, 2.75) is 39.7 Å². The molecular weight excluding hydrogens is 366 g/mol. The molecule has 1 amide bonds. The lowest BCUT2D eigenvalue weighted by atomic mass is 10.0. The number of hydrogen-bond donors (Lipinski definition) is 2. The third kappa shape index (κ3) is 5.44. The van der Waals surface area contributed by atoms with Crippen LogP contribution in [0, 0.1) is 5.92 Å². The average molecular weight is 393 g/mol. The summed E-state index contributed by atoms with van der Waals surface area (Å²) >= 11 is 0. The van der Waals surface area contributed by atoms with Crippen molar-refractivity contribution in [2.75, 3.05) is 6.61 Å². The molecule has 1 atom stereocenters. The lowest BCUT2D eigenvalue weighted by molar-refractivity contribution is -0.122. The van der Waals surface area contributed by atoms with Gasteiger partial charge in [-0.1, -0.05) is 26.0 Å². The molecule has 1 heterocycles. The van der Waals surface area contributed by atoms with Crippen LogP contribution in [0.1, 0.15) is 55.8 Å². The Morgan fingerprint density at radius 3 is 2.48 bits per heavy atom. The molecule has 6 nitrogen and oxygen atoms in total. The van der Waals surface area contributed by atoms with E-state index in [9.17, 15) is 9.59 Å². The molecule has 0 aliphatic rings. The Morgan fingerprint density at radius 2 is 1.83 bits per heavy atom. The van der Waals surface area contributed by atoms with E-state index in [4.69, 9.17) is 4.74 Å². The number of benzene rings is 2. The number of H-pyrrole nitrogens is 1. The number of aromatic nitrogens is 2. The predicted octanol–water partition coefficient (Wildman–Crippen LogP) is 4.44. The van der Waals surface area contributed by atoms with Crippen molar-refractivity contribution in [1.82, 2.24) is 15.3 Å². The van der Waals surface area contributed by atoms with E-state index in [1.807, 2.05) is 24.3 Å². The van der Waals surface area contributed by atoms with Gasteiger partial charge in [0.25, 0.3) is 0 Å². The second-order valence-corrected chi connectivity index (χ2v) is 7.46. The molecule has 0 aliphatic carbocycles. The van der Waals surface area contributed by atoms with E-state index in [2.05, 4.69) is 29.1 Å². The smallest absolute Gasteiger partial charge is 0.220 e. The minimum Gasteiger partial charge on any atom is -0.494 e. The van der Waals surface area contributed by atoms with Crippen LogP contribution in [0.3, 0.4) is 0 Å². The van der Waals surface area contributed by atoms with Crippen LogP contribution in [-0.2, 0) is 4.79 Å². The molecule has 3 rings (SSSR count). The van der Waals surface area contributed by atoms with Crippen LogP contribution in [0.15, 0.2) is 48.5 Å². The van der Waals surface area contributed by atoms with Crippen molar-refractivity contribution in [3.8, 4) is 5.75 Å². The number of imidazole rings is 1. The zero-order chi connectivity index (χ0) is 20.8. The first-order valence-corrected chi connectivity index (χ1v) is 9.92. The predicted molar refractivity (Wildman–Crippen MR) is 113 cm³/mol. The fourth-order valence-corrected chi connectivity index (χ4v) is 3.12. The van der Waals surface area contributed by atoms with Crippen molar-refractivity contribution in [2.24, 2.45) is 5.92 Å². The normalized spacial score (nSPS) is 12.1. The van der Waals surface area contributed by atoms with Gasteiger partial charge in [-0.15, -0.1) is 0 Å². The fraction of sp³-hybridized carbons (Fsp3) is 0.348. The molecule has 2 N–H and O–H groups in total. The minimum absolute atomic E-state index is 0.0254. The topological polar surface area (TPSA) is 84.1 Å². The van der Waals surface area contributed by atoms with Gasteiger partial charge in [0.2, 0.25) is 5.91 Å². The highest BCUT2D eigenvalue weighted by atomic mass is 16.5. The maximum Gasteiger partial charge on any atom is 0.220 e. The summed E-state index contributed by atoms with van der Waals surface area (Å²) in [4.78, 5) is 31.7. The standard InChI is InChI=1S/C23H27N3O3/c1-15(2)22(23-24-19-7-4-5-8-20(19)25-23)26-21(28)9-6-14-29-18-12-10-17(11-13-18)16(3)27/h4-5,7-8,10-13,15,22H,6,9,14H2,1-3H3,(H,24,25)(H,26,28). The molecule has 0 aliphatic heterocycles. The Bertz CT molecular complexity index is 943. The molecule has 0 radical (unpaired) electrons. The summed E-state index contributed by atoms with van der Waals surface area (Å²) in [6.07, 6.45) is 0.972. The molecule has 1 aromatic heterocycles. The number of hydrogen-bond acceptors (Lipinski definition) is 4. The van der Waals surface area contributed by atoms with Crippen LogP contribution < -0.4 is 10.1 Å². The van der Waals surface area contributed by atoms with E-state index in [0.717, 1.165) is 16.9 Å². The number of aromatic amines is 1. The third-order valence-electron chi connectivity index (χ3n) is 4.76. The van der Waals surface area contributed by atoms with Gasteiger partial charge >= 0.3 is 0 Å². The molecule has 0 fully saturated rings. The number of carbonyl (C=O) groups is 2. The lowest BCUT2D eigenvalue weighted by Gasteiger charge is -2.20. The summed E-state index contributed by atoms with van der Waals surface area (Å²) in [6.45, 7) is 6.09. The Labute approximate surface area is 170 Å². The number of nitrogens with zero attached hydrogens (tertiary/aromatic N) is 1. The Hall–Kier alpha value is -3.15. The summed E-state index contributed by atoms with van der Waals surface area (Å²) < 4.78 is 5.66. The molecule has 29 heavy (non-hydrogen) atoms. The zero-order valence-electron chi connectivity index (χ0n) is 17.1. The van der Waals surface area contributed by atoms with Crippen LogP contribution in [-0.4, -0.2) is 28.3 Å². The first-order valence-electron chi connectivity index (χ1n) is 9.92. The first-order chi connectivity index (χ1) is 13.9. The summed E-state index contributed by atoms with van der Waals surface area (Å²) in [6, 6.07) is 14.7. The van der Waals surface area contributed by atoms with Gasteiger partial charge < -0.3 is 15.0 Å². The van der Waals surface area contributed by atoms with Crippen LogP contribution in [0.4, 0.5) is 0 Å². The molecule has 2 aromatic carbocycles. The van der Waals surface area contributed by atoms with Crippen molar-refractivity contribution in [1.29, 1.82) is 0 Å². The van der Waals surface area contributed by atoms with Gasteiger partial charge in [0.15, 0.2) is 5.78 Å². The van der Waals surface area contributed by atoms with Crippen LogP contribution in [0.5, 0.6) is 5.75 Å². The Kier molecular flexibility index (Phi) is 6.65. The van der Waals surface area contributed by atoms with Gasteiger partial charge in [0.05, 0.1) is 23.7 Å². The van der Waals surface area contributed by atoms with Crippen molar-refractivity contribution in [3.05, 3.63) is 59.9 Å². The summed E-state index contributed by atoms with van der Waals surface area (Å²) in [5.41, 5.74) is 2.51. The number of carbonyl (C=O) groups excluding carboxylic acids is 2. The highest BCUT2D eigenvalue weighted by molar-refractivity contribution is 5.94. The second-order valence-electron chi connectivity index (χ2n) is 7.46.